The monoisotopic (exact) mass is 263 g/mol. The summed E-state index contributed by atoms with van der Waals surface area (Å²) in [7, 11) is 2.28. The summed E-state index contributed by atoms with van der Waals surface area (Å²) < 4.78 is 16.4. The quantitative estimate of drug-likeness (QED) is 0.775. The van der Waals surface area contributed by atoms with Crippen molar-refractivity contribution in [3.05, 3.63) is 42.2 Å². The largest absolute Gasteiger partial charge is 0.504 e. The second-order valence-corrected chi connectivity index (χ2v) is 6.93. The maximum Gasteiger partial charge on any atom is 0.504 e. The van der Waals surface area contributed by atoms with Crippen LogP contribution in [0.4, 0.5) is 0 Å². The van der Waals surface area contributed by atoms with Gasteiger partial charge in [0.15, 0.2) is 0 Å². The third-order valence-electron chi connectivity index (χ3n) is 3.11. The number of nitrogens with zero attached hydrogens (tertiary/aromatic N) is 1. The summed E-state index contributed by atoms with van der Waals surface area (Å²) in [5.74, 6) is 0. The highest BCUT2D eigenvalue weighted by molar-refractivity contribution is 6.60. The van der Waals surface area contributed by atoms with Gasteiger partial charge in [-0.1, -0.05) is 18.2 Å². The van der Waals surface area contributed by atoms with Crippen molar-refractivity contribution < 1.29 is 13.3 Å². The number of hydrogen-bond acceptors (Lipinski definition) is 4. The molecule has 0 bridgehead atoms. The summed E-state index contributed by atoms with van der Waals surface area (Å²) in [6, 6.07) is 8.78. The molecule has 0 atom stereocenters. The van der Waals surface area contributed by atoms with Crippen molar-refractivity contribution in [2.24, 2.45) is 0 Å². The zero-order chi connectivity index (χ0) is 13.0. The van der Waals surface area contributed by atoms with Crippen LogP contribution in [0.1, 0.15) is 5.56 Å². The summed E-state index contributed by atoms with van der Waals surface area (Å²) >= 11 is 0. The third-order valence-corrected chi connectivity index (χ3v) is 5.79. The van der Waals surface area contributed by atoms with Crippen LogP contribution in [0.2, 0.25) is 0 Å². The first-order valence-electron chi connectivity index (χ1n) is 5.72. The average Bonchev–Trinajstić information content (AvgIpc) is 2.45. The lowest BCUT2D eigenvalue weighted by Crippen LogP contribution is -2.45. The van der Waals surface area contributed by atoms with Crippen LogP contribution >= 0.6 is 0 Å². The minimum absolute atomic E-state index is 0.638. The SMILES string of the molecule is CO[Si](Cc1cccc2ccncc12)(OC)OC. The predicted molar refractivity (Wildman–Crippen MR) is 72.2 cm³/mol. The van der Waals surface area contributed by atoms with Crippen molar-refractivity contribution in [1.82, 2.24) is 4.98 Å². The van der Waals surface area contributed by atoms with E-state index in [1.165, 1.54) is 0 Å². The van der Waals surface area contributed by atoms with Gasteiger partial charge in [-0.05, 0) is 17.0 Å². The van der Waals surface area contributed by atoms with Crippen LogP contribution in [0.15, 0.2) is 36.7 Å². The highest BCUT2D eigenvalue weighted by atomic mass is 28.4. The minimum Gasteiger partial charge on any atom is -0.377 e. The van der Waals surface area contributed by atoms with Crippen LogP contribution in [-0.4, -0.2) is 35.1 Å². The summed E-state index contributed by atoms with van der Waals surface area (Å²) in [5.41, 5.74) is 1.14. The molecule has 0 fully saturated rings. The van der Waals surface area contributed by atoms with Crippen LogP contribution in [0.5, 0.6) is 0 Å². The molecular weight excluding hydrogens is 246 g/mol. The van der Waals surface area contributed by atoms with E-state index in [0.29, 0.717) is 6.04 Å². The molecule has 5 heteroatoms. The Morgan fingerprint density at radius 3 is 2.44 bits per heavy atom. The maximum atomic E-state index is 5.46. The van der Waals surface area contributed by atoms with Gasteiger partial charge in [-0.3, -0.25) is 4.98 Å². The molecular formula is C13H17NO3Si. The highest BCUT2D eigenvalue weighted by Crippen LogP contribution is 2.22. The van der Waals surface area contributed by atoms with E-state index in [1.54, 1.807) is 27.5 Å². The highest BCUT2D eigenvalue weighted by Gasteiger charge is 2.38. The summed E-state index contributed by atoms with van der Waals surface area (Å²) in [5, 5.41) is 2.27. The number of fused-ring (bicyclic) bond motifs is 1. The normalized spacial score (nSPS) is 11.9. The predicted octanol–water partition coefficient (Wildman–Crippen LogP) is 2.19. The molecule has 0 aliphatic rings. The summed E-state index contributed by atoms with van der Waals surface area (Å²) in [6.07, 6.45) is 3.66. The van der Waals surface area contributed by atoms with Gasteiger partial charge in [-0.15, -0.1) is 0 Å². The molecule has 1 aromatic heterocycles. The Bertz CT molecular complexity index is 515. The van der Waals surface area contributed by atoms with Gasteiger partial charge in [0.25, 0.3) is 0 Å². The topological polar surface area (TPSA) is 40.6 Å². The van der Waals surface area contributed by atoms with E-state index in [0.717, 1.165) is 16.3 Å². The van der Waals surface area contributed by atoms with Crippen molar-refractivity contribution in [2.75, 3.05) is 21.3 Å². The summed E-state index contributed by atoms with van der Waals surface area (Å²) in [6.45, 7) is 0. The standard InChI is InChI=1S/C13H17NO3Si/c1-15-18(16-2,17-3)10-12-6-4-5-11-7-8-14-9-13(11)12/h4-9H,10H2,1-3H3. The summed E-state index contributed by atoms with van der Waals surface area (Å²) in [4.78, 5) is 4.17. The van der Waals surface area contributed by atoms with E-state index in [2.05, 4.69) is 17.1 Å². The number of rotatable bonds is 5. The molecule has 0 spiro atoms. The Balaban J connectivity index is 2.42. The lowest BCUT2D eigenvalue weighted by atomic mass is 10.1. The van der Waals surface area contributed by atoms with E-state index >= 15 is 0 Å². The Morgan fingerprint density at radius 2 is 1.78 bits per heavy atom. The van der Waals surface area contributed by atoms with Crippen LogP contribution in [-0.2, 0) is 19.3 Å². The Labute approximate surface area is 108 Å². The van der Waals surface area contributed by atoms with E-state index in [1.807, 2.05) is 18.3 Å². The first kappa shape index (κ1) is 13.2. The molecule has 0 aliphatic carbocycles. The molecule has 2 rings (SSSR count). The van der Waals surface area contributed by atoms with E-state index in [9.17, 15) is 0 Å². The molecule has 0 radical (unpaired) electrons. The van der Waals surface area contributed by atoms with Gasteiger partial charge in [0.05, 0.1) is 0 Å². The van der Waals surface area contributed by atoms with Crippen molar-refractivity contribution in [1.29, 1.82) is 0 Å². The lowest BCUT2D eigenvalue weighted by Gasteiger charge is -2.24. The van der Waals surface area contributed by atoms with Crippen molar-refractivity contribution in [3.63, 3.8) is 0 Å². The number of benzene rings is 1. The molecule has 0 amide bonds. The molecule has 0 unspecified atom stereocenters. The van der Waals surface area contributed by atoms with Gasteiger partial charge in [0.1, 0.15) is 0 Å². The van der Waals surface area contributed by atoms with Crippen LogP contribution < -0.4 is 0 Å². The van der Waals surface area contributed by atoms with E-state index in [-0.39, 0.29) is 0 Å². The molecule has 96 valence electrons. The van der Waals surface area contributed by atoms with Gasteiger partial charge in [0, 0.05) is 45.2 Å². The fraction of sp³-hybridized carbons (Fsp3) is 0.308. The zero-order valence-electron chi connectivity index (χ0n) is 10.8. The smallest absolute Gasteiger partial charge is 0.377 e. The van der Waals surface area contributed by atoms with Crippen LogP contribution in [0, 0.1) is 0 Å². The van der Waals surface area contributed by atoms with Gasteiger partial charge < -0.3 is 13.3 Å². The molecule has 0 N–H and O–H groups in total. The molecule has 1 heterocycles. The van der Waals surface area contributed by atoms with Crippen LogP contribution in [0.25, 0.3) is 10.8 Å². The molecule has 1 aromatic carbocycles. The Kier molecular flexibility index (Phi) is 4.08. The minimum atomic E-state index is -2.60. The molecule has 2 aromatic rings. The molecule has 0 aliphatic heterocycles. The number of aromatic nitrogens is 1. The zero-order valence-corrected chi connectivity index (χ0v) is 11.8. The first-order chi connectivity index (χ1) is 8.74. The van der Waals surface area contributed by atoms with Gasteiger partial charge in [0.2, 0.25) is 0 Å². The Morgan fingerprint density at radius 1 is 1.06 bits per heavy atom. The van der Waals surface area contributed by atoms with Gasteiger partial charge in [-0.2, -0.15) is 0 Å². The number of pyridine rings is 1. The van der Waals surface area contributed by atoms with E-state index in [4.69, 9.17) is 13.3 Å². The fourth-order valence-corrected chi connectivity index (χ4v) is 3.74. The molecule has 0 saturated heterocycles. The fourth-order valence-electron chi connectivity index (χ4n) is 2.03. The van der Waals surface area contributed by atoms with Crippen LogP contribution in [0.3, 0.4) is 0 Å². The average molecular weight is 263 g/mol. The number of hydrogen-bond donors (Lipinski definition) is 0. The molecule has 4 nitrogen and oxygen atoms in total. The maximum absolute atomic E-state index is 5.46. The molecule has 0 saturated carbocycles. The van der Waals surface area contributed by atoms with Crippen molar-refractivity contribution in [2.45, 2.75) is 6.04 Å². The van der Waals surface area contributed by atoms with Crippen molar-refractivity contribution in [3.8, 4) is 0 Å². The first-order valence-corrected chi connectivity index (χ1v) is 7.65. The van der Waals surface area contributed by atoms with Gasteiger partial charge in [-0.25, -0.2) is 0 Å². The lowest BCUT2D eigenvalue weighted by molar-refractivity contribution is 0.123. The molecule has 18 heavy (non-hydrogen) atoms. The van der Waals surface area contributed by atoms with E-state index < -0.39 is 8.80 Å². The second kappa shape index (κ2) is 5.58. The van der Waals surface area contributed by atoms with Crippen molar-refractivity contribution >= 4 is 19.6 Å². The third kappa shape index (κ3) is 2.44. The second-order valence-electron chi connectivity index (χ2n) is 3.99. The van der Waals surface area contributed by atoms with Gasteiger partial charge >= 0.3 is 8.80 Å². The Hall–Kier alpha value is -1.27.